The first-order valence-electron chi connectivity index (χ1n) is 8.19. The lowest BCUT2D eigenvalue weighted by atomic mass is 10.1. The Morgan fingerprint density at radius 3 is 2.91 bits per heavy atom. The van der Waals surface area contributed by atoms with Gasteiger partial charge in [-0.2, -0.15) is 5.10 Å². The topological polar surface area (TPSA) is 56.2 Å². The Hall–Kier alpha value is -2.30. The van der Waals surface area contributed by atoms with Crippen molar-refractivity contribution in [2.24, 2.45) is 7.05 Å². The van der Waals surface area contributed by atoms with Crippen molar-refractivity contribution < 1.29 is 9.53 Å². The molecule has 1 N–H and O–H groups in total. The van der Waals surface area contributed by atoms with Crippen molar-refractivity contribution in [1.82, 2.24) is 15.1 Å². The minimum atomic E-state index is 0.0692. The molecule has 0 radical (unpaired) electrons. The van der Waals surface area contributed by atoms with E-state index < -0.39 is 0 Å². The number of nitrogens with zero attached hydrogens (tertiary/aromatic N) is 2. The molecule has 5 nitrogen and oxygen atoms in total. The highest BCUT2D eigenvalue weighted by molar-refractivity contribution is 5.76. The fourth-order valence-electron chi connectivity index (χ4n) is 3.04. The predicted molar refractivity (Wildman–Crippen MR) is 88.2 cm³/mol. The maximum atomic E-state index is 12.2. The number of para-hydroxylation sites is 1. The van der Waals surface area contributed by atoms with E-state index >= 15 is 0 Å². The van der Waals surface area contributed by atoms with Crippen molar-refractivity contribution in [2.45, 2.75) is 44.2 Å². The predicted octanol–water partition coefficient (Wildman–Crippen LogP) is 2.47. The molecule has 0 saturated heterocycles. The zero-order valence-corrected chi connectivity index (χ0v) is 13.4. The van der Waals surface area contributed by atoms with Gasteiger partial charge in [-0.15, -0.1) is 0 Å². The Bertz CT molecular complexity index is 639. The fraction of sp³-hybridized carbons (Fsp3) is 0.444. The van der Waals surface area contributed by atoms with Crippen LogP contribution in [0, 0.1) is 0 Å². The molecule has 2 aromatic rings. The minimum absolute atomic E-state index is 0.0692. The van der Waals surface area contributed by atoms with Crippen molar-refractivity contribution in [3.05, 3.63) is 48.3 Å². The molecule has 0 aliphatic heterocycles. The third kappa shape index (κ3) is 4.34. The summed E-state index contributed by atoms with van der Waals surface area (Å²) < 4.78 is 7.78. The zero-order valence-electron chi connectivity index (χ0n) is 13.4. The van der Waals surface area contributed by atoms with E-state index in [4.69, 9.17) is 4.74 Å². The van der Waals surface area contributed by atoms with Gasteiger partial charge in [-0.3, -0.25) is 9.48 Å². The molecule has 1 saturated carbocycles. The first-order chi connectivity index (χ1) is 11.2. The van der Waals surface area contributed by atoms with E-state index in [2.05, 4.69) is 10.4 Å². The highest BCUT2D eigenvalue weighted by Gasteiger charge is 2.30. The largest absolute Gasteiger partial charge is 0.488 e. The standard InChI is InChI=1S/C18H23N3O2/c1-21-13-14(12-19-21)10-11-18(22)20-16-8-5-9-17(16)23-15-6-3-2-4-7-15/h2-4,6-7,12-13,16-17H,5,8-11H2,1H3,(H,20,22). The van der Waals surface area contributed by atoms with E-state index in [-0.39, 0.29) is 18.1 Å². The number of aromatic nitrogens is 2. The van der Waals surface area contributed by atoms with Crippen LogP contribution in [-0.4, -0.2) is 27.8 Å². The number of hydrogen-bond acceptors (Lipinski definition) is 3. The van der Waals surface area contributed by atoms with Crippen molar-refractivity contribution in [3.8, 4) is 5.75 Å². The van der Waals surface area contributed by atoms with Crippen LogP contribution in [0.25, 0.3) is 0 Å². The van der Waals surface area contributed by atoms with Gasteiger partial charge in [0.25, 0.3) is 0 Å². The first kappa shape index (κ1) is 15.6. The van der Waals surface area contributed by atoms with Crippen molar-refractivity contribution >= 4 is 5.91 Å². The third-order valence-electron chi connectivity index (χ3n) is 4.23. The molecule has 1 amide bonds. The van der Waals surface area contributed by atoms with E-state index in [0.717, 1.165) is 37.0 Å². The number of hydrogen-bond donors (Lipinski definition) is 1. The monoisotopic (exact) mass is 313 g/mol. The molecule has 2 unspecified atom stereocenters. The van der Waals surface area contributed by atoms with Gasteiger partial charge in [-0.05, 0) is 43.4 Å². The number of benzene rings is 1. The van der Waals surface area contributed by atoms with Crippen LogP contribution >= 0.6 is 0 Å². The number of rotatable bonds is 6. The Kier molecular flexibility index (Phi) is 4.95. The summed E-state index contributed by atoms with van der Waals surface area (Å²) in [7, 11) is 1.88. The molecule has 1 fully saturated rings. The first-order valence-corrected chi connectivity index (χ1v) is 8.19. The highest BCUT2D eigenvalue weighted by Crippen LogP contribution is 2.24. The van der Waals surface area contributed by atoms with E-state index in [0.29, 0.717) is 6.42 Å². The molecule has 1 aromatic carbocycles. The number of carbonyl (C=O) groups excluding carboxylic acids is 1. The fourth-order valence-corrected chi connectivity index (χ4v) is 3.04. The molecule has 2 atom stereocenters. The van der Waals surface area contributed by atoms with E-state index in [9.17, 15) is 4.79 Å². The summed E-state index contributed by atoms with van der Waals surface area (Å²) in [4.78, 5) is 12.2. The summed E-state index contributed by atoms with van der Waals surface area (Å²) in [5, 5.41) is 7.26. The Labute approximate surface area is 136 Å². The maximum absolute atomic E-state index is 12.2. The summed E-state index contributed by atoms with van der Waals surface area (Å²) in [5.41, 5.74) is 1.09. The van der Waals surface area contributed by atoms with Gasteiger partial charge in [0.15, 0.2) is 0 Å². The molecule has 3 rings (SSSR count). The highest BCUT2D eigenvalue weighted by atomic mass is 16.5. The molecule has 1 aliphatic carbocycles. The lowest BCUT2D eigenvalue weighted by molar-refractivity contribution is -0.122. The number of aryl methyl sites for hydroxylation is 2. The SMILES string of the molecule is Cn1cc(CCC(=O)NC2CCCC2Oc2ccccc2)cn1. The second kappa shape index (κ2) is 7.31. The van der Waals surface area contributed by atoms with Crippen LogP contribution in [-0.2, 0) is 18.3 Å². The Morgan fingerprint density at radius 2 is 2.17 bits per heavy atom. The zero-order chi connectivity index (χ0) is 16.1. The van der Waals surface area contributed by atoms with Gasteiger partial charge in [-0.25, -0.2) is 0 Å². The van der Waals surface area contributed by atoms with E-state index in [1.807, 2.05) is 49.8 Å². The normalized spacial score (nSPS) is 20.4. The lowest BCUT2D eigenvalue weighted by Gasteiger charge is -2.22. The second-order valence-electron chi connectivity index (χ2n) is 6.10. The van der Waals surface area contributed by atoms with Gasteiger partial charge in [0.05, 0.1) is 12.2 Å². The average Bonchev–Trinajstić information content (AvgIpc) is 3.16. The van der Waals surface area contributed by atoms with E-state index in [1.165, 1.54) is 0 Å². The van der Waals surface area contributed by atoms with Crippen molar-refractivity contribution in [2.75, 3.05) is 0 Å². The maximum Gasteiger partial charge on any atom is 0.220 e. The molecule has 1 aliphatic rings. The van der Waals surface area contributed by atoms with Gasteiger partial charge in [0.1, 0.15) is 11.9 Å². The van der Waals surface area contributed by atoms with Crippen LogP contribution in [0.3, 0.4) is 0 Å². The summed E-state index contributed by atoms with van der Waals surface area (Å²) in [5.74, 6) is 0.955. The Morgan fingerprint density at radius 1 is 1.35 bits per heavy atom. The van der Waals surface area contributed by atoms with Gasteiger partial charge >= 0.3 is 0 Å². The van der Waals surface area contributed by atoms with Gasteiger partial charge < -0.3 is 10.1 Å². The average molecular weight is 313 g/mol. The molecule has 5 heteroatoms. The molecule has 0 spiro atoms. The molecule has 1 aromatic heterocycles. The van der Waals surface area contributed by atoms with Crippen LogP contribution < -0.4 is 10.1 Å². The van der Waals surface area contributed by atoms with Crippen LogP contribution in [0.1, 0.15) is 31.2 Å². The Balaban J connectivity index is 1.48. The van der Waals surface area contributed by atoms with Crippen molar-refractivity contribution in [3.63, 3.8) is 0 Å². The molecule has 122 valence electrons. The summed E-state index contributed by atoms with van der Waals surface area (Å²) >= 11 is 0. The van der Waals surface area contributed by atoms with Gasteiger partial charge in [0.2, 0.25) is 5.91 Å². The van der Waals surface area contributed by atoms with Crippen LogP contribution in [0.2, 0.25) is 0 Å². The van der Waals surface area contributed by atoms with E-state index in [1.54, 1.807) is 4.68 Å². The molecule has 0 bridgehead atoms. The summed E-state index contributed by atoms with van der Waals surface area (Å²) in [6, 6.07) is 9.92. The number of ether oxygens (including phenoxy) is 1. The van der Waals surface area contributed by atoms with Crippen LogP contribution in [0.5, 0.6) is 5.75 Å². The molecule has 1 heterocycles. The van der Waals surface area contributed by atoms with Crippen LogP contribution in [0.4, 0.5) is 0 Å². The smallest absolute Gasteiger partial charge is 0.220 e. The van der Waals surface area contributed by atoms with Crippen LogP contribution in [0.15, 0.2) is 42.7 Å². The van der Waals surface area contributed by atoms with Crippen molar-refractivity contribution in [1.29, 1.82) is 0 Å². The second-order valence-corrected chi connectivity index (χ2v) is 6.10. The number of carbonyl (C=O) groups is 1. The lowest BCUT2D eigenvalue weighted by Crippen LogP contribution is -2.42. The summed E-state index contributed by atoms with van der Waals surface area (Å²) in [6.45, 7) is 0. The molecular weight excluding hydrogens is 290 g/mol. The molecule has 23 heavy (non-hydrogen) atoms. The number of amides is 1. The minimum Gasteiger partial charge on any atom is -0.488 e. The number of nitrogens with one attached hydrogen (secondary N) is 1. The van der Waals surface area contributed by atoms with Gasteiger partial charge in [0, 0.05) is 19.7 Å². The summed E-state index contributed by atoms with van der Waals surface area (Å²) in [6.07, 6.45) is 8.09. The molecular formula is C18H23N3O2. The van der Waals surface area contributed by atoms with Gasteiger partial charge in [-0.1, -0.05) is 18.2 Å². The quantitative estimate of drug-likeness (QED) is 0.891. The third-order valence-corrected chi connectivity index (χ3v) is 4.23.